The number of nitrogens with one attached hydrogen (secondary N) is 1. The molecule has 0 saturated carbocycles. The van der Waals surface area contributed by atoms with Gasteiger partial charge in [-0.25, -0.2) is 0 Å². The number of hydrogen-bond donors (Lipinski definition) is 1. The van der Waals surface area contributed by atoms with E-state index in [9.17, 15) is 4.79 Å². The highest BCUT2D eigenvalue weighted by Crippen LogP contribution is 2.06. The molecule has 1 rings (SSSR count). The maximum Gasteiger partial charge on any atom is 0.217 e. The summed E-state index contributed by atoms with van der Waals surface area (Å²) in [4.78, 5) is 10.8. The summed E-state index contributed by atoms with van der Waals surface area (Å²) in [6.45, 7) is 7.51. The van der Waals surface area contributed by atoms with E-state index in [0.29, 0.717) is 0 Å². The summed E-state index contributed by atoms with van der Waals surface area (Å²) in [5.74, 6) is 2.57. The summed E-state index contributed by atoms with van der Waals surface area (Å²) < 4.78 is 0. The van der Waals surface area contributed by atoms with Crippen LogP contribution in [-0.4, -0.2) is 11.9 Å². The van der Waals surface area contributed by atoms with Crippen LogP contribution in [0.5, 0.6) is 0 Å². The lowest BCUT2D eigenvalue weighted by molar-refractivity contribution is -0.119. The highest BCUT2D eigenvalue weighted by molar-refractivity contribution is 5.73. The predicted octanol–water partition coefficient (Wildman–Crippen LogP) is 2.76. The number of hydrogen-bond acceptors (Lipinski definition) is 1. The van der Waals surface area contributed by atoms with Crippen molar-refractivity contribution in [3.8, 4) is 12.3 Å². The molecule has 1 aromatic rings. The lowest BCUT2D eigenvalue weighted by Crippen LogP contribution is -2.31. The molecule has 1 unspecified atom stereocenters. The molecule has 0 fully saturated rings. The van der Waals surface area contributed by atoms with Crippen LogP contribution in [0.2, 0.25) is 0 Å². The van der Waals surface area contributed by atoms with Crippen LogP contribution in [0.15, 0.2) is 24.3 Å². The molecule has 92 valence electrons. The van der Waals surface area contributed by atoms with E-state index in [0.717, 1.165) is 12.0 Å². The zero-order valence-corrected chi connectivity index (χ0v) is 11.1. The highest BCUT2D eigenvalue weighted by atomic mass is 16.1. The van der Waals surface area contributed by atoms with E-state index in [4.69, 9.17) is 6.42 Å². The van der Waals surface area contributed by atoms with Gasteiger partial charge in [0.25, 0.3) is 0 Å². The third kappa shape index (κ3) is 6.42. The fourth-order valence-electron chi connectivity index (χ4n) is 1.49. The van der Waals surface area contributed by atoms with Crippen LogP contribution in [0, 0.1) is 12.3 Å². The SMILES string of the molecule is C#Cc1ccc(CC(C)NC(C)=O)cc1.CC. The number of carbonyl (C=O) groups is 1. The Hall–Kier alpha value is -1.75. The smallest absolute Gasteiger partial charge is 0.217 e. The molecule has 0 radical (unpaired) electrons. The fraction of sp³-hybridized carbons (Fsp3) is 0.400. The Morgan fingerprint density at radius 2 is 1.88 bits per heavy atom. The summed E-state index contributed by atoms with van der Waals surface area (Å²) in [5, 5.41) is 2.84. The molecule has 0 aliphatic heterocycles. The van der Waals surface area contributed by atoms with E-state index in [1.807, 2.05) is 45.0 Å². The predicted molar refractivity (Wildman–Crippen MR) is 72.7 cm³/mol. The van der Waals surface area contributed by atoms with Crippen LogP contribution in [0.25, 0.3) is 0 Å². The molecule has 17 heavy (non-hydrogen) atoms. The molecule has 1 atom stereocenters. The highest BCUT2D eigenvalue weighted by Gasteiger charge is 2.04. The Kier molecular flexibility index (Phi) is 7.54. The monoisotopic (exact) mass is 231 g/mol. The van der Waals surface area contributed by atoms with Crippen molar-refractivity contribution in [1.82, 2.24) is 5.32 Å². The summed E-state index contributed by atoms with van der Waals surface area (Å²) >= 11 is 0. The Labute approximate surface area is 104 Å². The molecule has 2 heteroatoms. The van der Waals surface area contributed by atoms with Crippen LogP contribution in [0.4, 0.5) is 0 Å². The summed E-state index contributed by atoms with van der Waals surface area (Å²) in [5.41, 5.74) is 2.06. The second-order valence-corrected chi connectivity index (χ2v) is 3.65. The Balaban J connectivity index is 0.00000121. The standard InChI is InChI=1S/C13H15NO.C2H6/c1-4-12-5-7-13(8-6-12)9-10(2)14-11(3)15;1-2/h1,5-8,10H,9H2,2-3H3,(H,14,15);1-2H3. The van der Waals surface area contributed by atoms with Gasteiger partial charge in [-0.05, 0) is 31.0 Å². The van der Waals surface area contributed by atoms with Crippen molar-refractivity contribution >= 4 is 5.91 Å². The molecule has 2 nitrogen and oxygen atoms in total. The van der Waals surface area contributed by atoms with Crippen molar-refractivity contribution in [2.45, 2.75) is 40.2 Å². The molecule has 0 aliphatic carbocycles. The minimum Gasteiger partial charge on any atom is -0.354 e. The van der Waals surface area contributed by atoms with Gasteiger partial charge in [-0.1, -0.05) is 31.9 Å². The second-order valence-electron chi connectivity index (χ2n) is 3.65. The van der Waals surface area contributed by atoms with Gasteiger partial charge < -0.3 is 5.32 Å². The molecule has 1 N–H and O–H groups in total. The summed E-state index contributed by atoms with van der Waals surface area (Å²) in [6.07, 6.45) is 6.08. The third-order valence-corrected chi connectivity index (χ3v) is 2.11. The quantitative estimate of drug-likeness (QED) is 0.796. The van der Waals surface area contributed by atoms with E-state index in [1.54, 1.807) is 0 Å². The average Bonchev–Trinajstić information content (AvgIpc) is 2.31. The van der Waals surface area contributed by atoms with E-state index in [1.165, 1.54) is 12.5 Å². The second kappa shape index (κ2) is 8.41. The minimum absolute atomic E-state index is 0.00254. The van der Waals surface area contributed by atoms with Gasteiger partial charge in [-0.15, -0.1) is 6.42 Å². The molecule has 0 heterocycles. The number of carbonyl (C=O) groups excluding carboxylic acids is 1. The lowest BCUT2D eigenvalue weighted by Gasteiger charge is -2.12. The molecule has 1 aromatic carbocycles. The number of terminal acetylenes is 1. The van der Waals surface area contributed by atoms with Gasteiger partial charge in [0, 0.05) is 18.5 Å². The molecule has 0 spiro atoms. The van der Waals surface area contributed by atoms with Gasteiger partial charge in [0.2, 0.25) is 5.91 Å². The zero-order chi connectivity index (χ0) is 13.3. The average molecular weight is 231 g/mol. The van der Waals surface area contributed by atoms with Crippen molar-refractivity contribution in [1.29, 1.82) is 0 Å². The minimum atomic E-state index is 0.00254. The van der Waals surface area contributed by atoms with Gasteiger partial charge in [0.1, 0.15) is 0 Å². The van der Waals surface area contributed by atoms with Crippen molar-refractivity contribution in [3.05, 3.63) is 35.4 Å². The molecule has 0 bridgehead atoms. The first-order valence-electron chi connectivity index (χ1n) is 5.94. The Bertz CT molecular complexity index is 373. The lowest BCUT2D eigenvalue weighted by atomic mass is 10.1. The maximum absolute atomic E-state index is 10.8. The molecule has 1 amide bonds. The first kappa shape index (κ1) is 15.2. The Morgan fingerprint density at radius 3 is 2.29 bits per heavy atom. The van der Waals surface area contributed by atoms with E-state index < -0.39 is 0 Å². The molecule has 0 aromatic heterocycles. The summed E-state index contributed by atoms with van der Waals surface area (Å²) in [7, 11) is 0. The van der Waals surface area contributed by atoms with Gasteiger partial charge in [0.15, 0.2) is 0 Å². The Morgan fingerprint density at radius 1 is 1.35 bits per heavy atom. The van der Waals surface area contributed by atoms with Crippen LogP contribution in [0.1, 0.15) is 38.8 Å². The van der Waals surface area contributed by atoms with E-state index >= 15 is 0 Å². The van der Waals surface area contributed by atoms with Crippen LogP contribution >= 0.6 is 0 Å². The largest absolute Gasteiger partial charge is 0.354 e. The van der Waals surface area contributed by atoms with E-state index in [-0.39, 0.29) is 11.9 Å². The van der Waals surface area contributed by atoms with Crippen molar-refractivity contribution in [2.75, 3.05) is 0 Å². The topological polar surface area (TPSA) is 29.1 Å². The van der Waals surface area contributed by atoms with Gasteiger partial charge in [-0.3, -0.25) is 4.79 Å². The van der Waals surface area contributed by atoms with Crippen LogP contribution in [-0.2, 0) is 11.2 Å². The molecule has 0 saturated heterocycles. The summed E-state index contributed by atoms with van der Waals surface area (Å²) in [6, 6.07) is 7.96. The fourth-order valence-corrected chi connectivity index (χ4v) is 1.49. The van der Waals surface area contributed by atoms with Gasteiger partial charge >= 0.3 is 0 Å². The van der Waals surface area contributed by atoms with Gasteiger partial charge in [0.05, 0.1) is 0 Å². The molecular weight excluding hydrogens is 210 g/mol. The van der Waals surface area contributed by atoms with Crippen LogP contribution < -0.4 is 5.32 Å². The van der Waals surface area contributed by atoms with Crippen LogP contribution in [0.3, 0.4) is 0 Å². The maximum atomic E-state index is 10.8. The normalized spacial score (nSPS) is 10.5. The number of amides is 1. The first-order chi connectivity index (χ1) is 8.11. The molecular formula is C15H21NO. The number of rotatable bonds is 3. The van der Waals surface area contributed by atoms with Gasteiger partial charge in [-0.2, -0.15) is 0 Å². The molecule has 0 aliphatic rings. The van der Waals surface area contributed by atoms with Crippen molar-refractivity contribution < 1.29 is 4.79 Å². The van der Waals surface area contributed by atoms with E-state index in [2.05, 4.69) is 11.2 Å². The first-order valence-corrected chi connectivity index (χ1v) is 5.94. The van der Waals surface area contributed by atoms with Crippen molar-refractivity contribution in [3.63, 3.8) is 0 Å². The van der Waals surface area contributed by atoms with Crippen molar-refractivity contribution in [2.24, 2.45) is 0 Å². The zero-order valence-electron chi connectivity index (χ0n) is 11.1. The number of benzene rings is 1. The third-order valence-electron chi connectivity index (χ3n) is 2.11.